The van der Waals surface area contributed by atoms with Crippen LogP contribution in [0.25, 0.3) is 0 Å². The van der Waals surface area contributed by atoms with E-state index in [2.05, 4.69) is 10.3 Å². The second-order valence-electron chi connectivity index (χ2n) is 5.03. The zero-order valence-corrected chi connectivity index (χ0v) is 12.7. The summed E-state index contributed by atoms with van der Waals surface area (Å²) in [6, 6.07) is 5.81. The van der Waals surface area contributed by atoms with E-state index in [0.717, 1.165) is 0 Å². The van der Waals surface area contributed by atoms with Crippen molar-refractivity contribution in [2.24, 2.45) is 4.99 Å². The van der Waals surface area contributed by atoms with E-state index in [1.165, 1.54) is 4.90 Å². The van der Waals surface area contributed by atoms with Gasteiger partial charge in [-0.2, -0.15) is 0 Å². The molecule has 4 rings (SSSR count). The number of anilines is 2. The molecule has 2 aliphatic rings. The molecule has 1 saturated heterocycles. The summed E-state index contributed by atoms with van der Waals surface area (Å²) in [7, 11) is 0. The summed E-state index contributed by atoms with van der Waals surface area (Å²) in [4.78, 5) is 6.04. The Morgan fingerprint density at radius 3 is 2.91 bits per heavy atom. The largest absolute Gasteiger partial charge is 0.353 e. The number of piperazine rings is 1. The number of hydrogen-bond acceptors (Lipinski definition) is 4. The van der Waals surface area contributed by atoms with Gasteiger partial charge >= 0.3 is 0 Å². The van der Waals surface area contributed by atoms with Gasteiger partial charge in [0, 0.05) is 52.0 Å². The molecule has 2 aromatic rings. The molecule has 0 aromatic heterocycles. The average molecular weight is 337 g/mol. The number of amidine groups is 1. The molecule has 0 unspecified atom stereocenters. The Balaban J connectivity index is 1.93. The van der Waals surface area contributed by atoms with Crippen LogP contribution in [0.3, 0.4) is 0 Å². The Hall–Kier alpha value is -2.04. The quantitative estimate of drug-likeness (QED) is 0.795. The zero-order chi connectivity index (χ0) is 24.5. The third kappa shape index (κ3) is 2.80. The van der Waals surface area contributed by atoms with Crippen LogP contribution in [0.15, 0.2) is 47.4 Å². The fraction of sp³-hybridized carbons (Fsp3) is 0.278. The average Bonchev–Trinajstić information content (AvgIpc) is 2.85. The predicted octanol–water partition coefficient (Wildman–Crippen LogP) is 3.72. The lowest BCUT2D eigenvalue weighted by Gasteiger charge is -2.34. The Morgan fingerprint density at radius 1 is 1.26 bits per heavy atom. The normalized spacial score (nSPS) is 28.9. The molecule has 0 saturated carbocycles. The zero-order valence-electron chi connectivity index (χ0n) is 21.9. The van der Waals surface area contributed by atoms with Gasteiger partial charge in [0.05, 0.1) is 15.5 Å². The van der Waals surface area contributed by atoms with Gasteiger partial charge in [0.25, 0.3) is 0 Å². The fourth-order valence-electron chi connectivity index (χ4n) is 2.45. The van der Waals surface area contributed by atoms with Gasteiger partial charge in [-0.05, 0) is 37.2 Å². The van der Waals surface area contributed by atoms with Crippen LogP contribution >= 0.6 is 11.6 Å². The number of fused-ring (bicyclic) bond motifs is 2. The highest BCUT2D eigenvalue weighted by Crippen LogP contribution is 2.36. The van der Waals surface area contributed by atoms with Gasteiger partial charge in [-0.1, -0.05) is 23.7 Å². The minimum absolute atomic E-state index is 0.0495. The number of nitrogens with zero attached hydrogens (tertiary/aromatic N) is 3. The summed E-state index contributed by atoms with van der Waals surface area (Å²) in [5.41, 5.74) is 0.906. The molecule has 0 spiro atoms. The molecule has 0 bridgehead atoms. The van der Waals surface area contributed by atoms with Crippen LogP contribution in [0, 0.1) is 0 Å². The van der Waals surface area contributed by atoms with E-state index in [-0.39, 0.29) is 45.3 Å². The molecular weight excluding hydrogens is 308 g/mol. The highest BCUT2D eigenvalue weighted by Gasteiger charge is 2.23. The number of hydrogen-bond donors (Lipinski definition) is 1. The summed E-state index contributed by atoms with van der Waals surface area (Å²) in [5, 5.41) is 2.74. The van der Waals surface area contributed by atoms with Crippen molar-refractivity contribution in [1.82, 2.24) is 9.80 Å². The van der Waals surface area contributed by atoms with Gasteiger partial charge in [-0.25, -0.2) is 4.99 Å². The second-order valence-corrected chi connectivity index (χ2v) is 5.40. The monoisotopic (exact) mass is 336 g/mol. The number of nitrogens with one attached hydrogen (secondary N) is 1. The number of benzene rings is 2. The van der Waals surface area contributed by atoms with Crippen LogP contribution in [-0.4, -0.2) is 48.7 Å². The predicted molar refractivity (Wildman–Crippen MR) is 96.4 cm³/mol. The maximum atomic E-state index is 8.36. The van der Waals surface area contributed by atoms with Crippen molar-refractivity contribution in [3.8, 4) is 0 Å². The number of rotatable bonds is 0. The van der Waals surface area contributed by atoms with Crippen molar-refractivity contribution in [3.63, 3.8) is 0 Å². The molecule has 2 aliphatic heterocycles. The topological polar surface area (TPSA) is 30.9 Å². The Bertz CT molecular complexity index is 1150. The molecule has 2 aromatic carbocycles. The van der Waals surface area contributed by atoms with Crippen LogP contribution < -0.4 is 5.32 Å². The standard InChI is InChI=1S/C18H19ClN4/c1-22-8-10-23(11-9-22)18-14-4-2-3-5-15(14)20-16-7-6-13(19)12-17(16)21-18/h2-7,12,20H,8-11H2,1H3/i1D3,6D,7D,8D2,9D2,12D. The van der Waals surface area contributed by atoms with E-state index in [0.29, 0.717) is 11.3 Å². The van der Waals surface area contributed by atoms with Gasteiger partial charge in [0.1, 0.15) is 5.84 Å². The van der Waals surface area contributed by atoms with E-state index < -0.39 is 33.1 Å². The Morgan fingerprint density at radius 2 is 2.09 bits per heavy atom. The van der Waals surface area contributed by atoms with Crippen LogP contribution in [0.4, 0.5) is 17.1 Å². The molecule has 23 heavy (non-hydrogen) atoms. The molecule has 5 heteroatoms. The molecule has 0 aliphatic carbocycles. The summed E-state index contributed by atoms with van der Waals surface area (Å²) in [6.45, 7) is -9.21. The maximum Gasteiger partial charge on any atom is 0.138 e. The van der Waals surface area contributed by atoms with Crippen molar-refractivity contribution in [2.75, 3.05) is 38.4 Å². The maximum absolute atomic E-state index is 8.36. The van der Waals surface area contributed by atoms with Crippen molar-refractivity contribution in [2.45, 2.75) is 0 Å². The molecular formula is C18H19ClN4. The number of likely N-dealkylation sites (N-methyl/N-ethyl adjacent to an activating group) is 1. The minimum atomic E-state index is -3.01. The summed E-state index contributed by atoms with van der Waals surface area (Å²) in [5.74, 6) is 0.0940. The first-order chi connectivity index (χ1) is 15.1. The molecule has 0 radical (unpaired) electrons. The summed E-state index contributed by atoms with van der Waals surface area (Å²) < 4.78 is 80.9. The summed E-state index contributed by atoms with van der Waals surface area (Å²) >= 11 is 6.08. The van der Waals surface area contributed by atoms with Gasteiger partial charge < -0.3 is 15.1 Å². The van der Waals surface area contributed by atoms with Crippen LogP contribution in [0.5, 0.6) is 0 Å². The fourth-order valence-corrected chi connectivity index (χ4v) is 2.59. The molecule has 1 N–H and O–H groups in total. The lowest BCUT2D eigenvalue weighted by Crippen LogP contribution is -2.47. The SMILES string of the molecule is [2H]c1c([2H])c2c(c([2H])c1Cl)N=C(N1CC([2H])([2H])N(C([2H])([2H])[2H])C([2H])([2H])C1)c1ccccc1N2. The van der Waals surface area contributed by atoms with E-state index in [1.54, 1.807) is 24.3 Å². The highest BCUT2D eigenvalue weighted by molar-refractivity contribution is 6.31. The van der Waals surface area contributed by atoms with Gasteiger partial charge in [-0.15, -0.1) is 0 Å². The molecule has 0 amide bonds. The van der Waals surface area contributed by atoms with Crippen LogP contribution in [0.1, 0.15) is 19.3 Å². The van der Waals surface area contributed by atoms with Gasteiger partial charge in [-0.3, -0.25) is 0 Å². The Kier molecular flexibility index (Phi) is 1.85. The van der Waals surface area contributed by atoms with Crippen molar-refractivity contribution in [1.29, 1.82) is 0 Å². The van der Waals surface area contributed by atoms with E-state index in [9.17, 15) is 0 Å². The molecule has 1 fully saturated rings. The molecule has 4 nitrogen and oxygen atoms in total. The van der Waals surface area contributed by atoms with E-state index >= 15 is 0 Å². The highest BCUT2D eigenvalue weighted by atomic mass is 35.5. The number of para-hydroxylation sites is 1. The first kappa shape index (κ1) is 7.24. The lowest BCUT2D eigenvalue weighted by molar-refractivity contribution is 0.216. The molecule has 0 atom stereocenters. The first-order valence-electron chi connectivity index (χ1n) is 11.9. The molecule has 118 valence electrons. The van der Waals surface area contributed by atoms with Crippen molar-refractivity contribution < 1.29 is 13.7 Å². The van der Waals surface area contributed by atoms with E-state index in [4.69, 9.17) is 25.3 Å². The lowest BCUT2D eigenvalue weighted by atomic mass is 10.1. The Labute approximate surface area is 155 Å². The van der Waals surface area contributed by atoms with E-state index in [1.807, 2.05) is 0 Å². The third-order valence-corrected chi connectivity index (χ3v) is 3.74. The van der Waals surface area contributed by atoms with Gasteiger partial charge in [0.2, 0.25) is 0 Å². The van der Waals surface area contributed by atoms with Crippen LogP contribution in [-0.2, 0) is 0 Å². The third-order valence-electron chi connectivity index (χ3n) is 3.55. The number of aliphatic imine (C=N–C) groups is 1. The second kappa shape index (κ2) is 5.87. The smallest absolute Gasteiger partial charge is 0.138 e. The minimum Gasteiger partial charge on any atom is -0.353 e. The van der Waals surface area contributed by atoms with Crippen LogP contribution in [0.2, 0.25) is 5.02 Å². The van der Waals surface area contributed by atoms with Crippen molar-refractivity contribution >= 4 is 34.5 Å². The first-order valence-corrected chi connectivity index (χ1v) is 7.33. The number of halogens is 1. The van der Waals surface area contributed by atoms with Crippen molar-refractivity contribution in [3.05, 3.63) is 53.0 Å². The van der Waals surface area contributed by atoms with Gasteiger partial charge in [0.15, 0.2) is 0 Å². The summed E-state index contributed by atoms with van der Waals surface area (Å²) in [6.07, 6.45) is 0. The molecule has 2 heterocycles.